The molecule has 0 amide bonds. The minimum Gasteiger partial charge on any atom is -0.478 e. The lowest BCUT2D eigenvalue weighted by molar-refractivity contribution is 0.0676. The van der Waals surface area contributed by atoms with Gasteiger partial charge in [0, 0.05) is 6.20 Å². The van der Waals surface area contributed by atoms with Crippen LogP contribution < -0.4 is 0 Å². The average molecular weight is 397 g/mol. The molecule has 3 aromatic carbocycles. The minimum absolute atomic E-state index is 0.0278. The molecule has 0 saturated heterocycles. The Labute approximate surface area is 173 Å². The second kappa shape index (κ2) is 9.80. The Morgan fingerprint density at radius 2 is 0.967 bits per heavy atom. The molecule has 2 N–H and O–H groups in total. The van der Waals surface area contributed by atoms with Crippen molar-refractivity contribution in [1.82, 2.24) is 4.98 Å². The predicted octanol–water partition coefficient (Wildman–Crippen LogP) is 5.50. The van der Waals surface area contributed by atoms with Crippen LogP contribution >= 0.6 is 0 Å². The number of pyridine rings is 1. The molecule has 0 saturated carbocycles. The van der Waals surface area contributed by atoms with Gasteiger partial charge in [0.05, 0.1) is 5.56 Å². The van der Waals surface area contributed by atoms with Gasteiger partial charge in [-0.1, -0.05) is 84.9 Å². The van der Waals surface area contributed by atoms with Crippen molar-refractivity contribution in [2.75, 3.05) is 0 Å². The van der Waals surface area contributed by atoms with Gasteiger partial charge in [-0.2, -0.15) is 0 Å². The monoisotopic (exact) mass is 397 g/mol. The molecule has 5 heteroatoms. The fourth-order valence-corrected chi connectivity index (χ4v) is 2.76. The van der Waals surface area contributed by atoms with Crippen molar-refractivity contribution < 1.29 is 19.8 Å². The van der Waals surface area contributed by atoms with Crippen molar-refractivity contribution in [3.05, 3.63) is 115 Å². The van der Waals surface area contributed by atoms with E-state index in [0.29, 0.717) is 0 Å². The summed E-state index contributed by atoms with van der Waals surface area (Å²) < 4.78 is 0. The fourth-order valence-electron chi connectivity index (χ4n) is 2.76. The first-order valence-corrected chi connectivity index (χ1v) is 9.18. The van der Waals surface area contributed by atoms with Gasteiger partial charge in [-0.05, 0) is 34.4 Å². The molecule has 5 nitrogen and oxygen atoms in total. The maximum absolute atomic E-state index is 10.3. The van der Waals surface area contributed by atoms with Crippen LogP contribution in [0.4, 0.5) is 0 Å². The lowest BCUT2D eigenvalue weighted by atomic mass is 10.0. The summed E-state index contributed by atoms with van der Waals surface area (Å²) in [5, 5.41) is 16.8. The van der Waals surface area contributed by atoms with Gasteiger partial charge in [0.25, 0.3) is 0 Å². The molecule has 0 spiro atoms. The third kappa shape index (κ3) is 5.39. The Balaban J connectivity index is 0.000000187. The summed E-state index contributed by atoms with van der Waals surface area (Å²) in [4.78, 5) is 24.0. The molecule has 0 atom stereocenters. The summed E-state index contributed by atoms with van der Waals surface area (Å²) in [6.07, 6.45) is 1.01. The van der Waals surface area contributed by atoms with E-state index >= 15 is 0 Å². The second-order valence-corrected chi connectivity index (χ2v) is 6.35. The maximum Gasteiger partial charge on any atom is 0.354 e. The zero-order chi connectivity index (χ0) is 21.3. The second-order valence-electron chi connectivity index (χ2n) is 6.35. The summed E-state index contributed by atoms with van der Waals surface area (Å²) >= 11 is 0. The molecule has 30 heavy (non-hydrogen) atoms. The van der Waals surface area contributed by atoms with Crippen molar-refractivity contribution in [2.45, 2.75) is 0 Å². The lowest BCUT2D eigenvalue weighted by Crippen LogP contribution is -2.02. The van der Waals surface area contributed by atoms with Crippen LogP contribution in [0.5, 0.6) is 0 Å². The first-order valence-electron chi connectivity index (χ1n) is 9.18. The van der Waals surface area contributed by atoms with Crippen molar-refractivity contribution in [1.29, 1.82) is 0 Å². The van der Waals surface area contributed by atoms with E-state index < -0.39 is 11.9 Å². The smallest absolute Gasteiger partial charge is 0.354 e. The molecule has 1 aromatic heterocycles. The number of carboxylic acid groups (broad SMARTS) is 2. The Kier molecular flexibility index (Phi) is 6.69. The van der Waals surface area contributed by atoms with Crippen LogP contribution in [0.15, 0.2) is 103 Å². The van der Waals surface area contributed by atoms with Gasteiger partial charge in [0.2, 0.25) is 0 Å². The van der Waals surface area contributed by atoms with E-state index in [-0.39, 0.29) is 11.3 Å². The van der Waals surface area contributed by atoms with Crippen molar-refractivity contribution in [3.63, 3.8) is 0 Å². The van der Waals surface area contributed by atoms with Gasteiger partial charge in [-0.3, -0.25) is 0 Å². The number of nitrogens with zero attached hydrogens (tertiary/aromatic N) is 1. The fraction of sp³-hybridized carbons (Fsp3) is 0. The van der Waals surface area contributed by atoms with Crippen LogP contribution in [-0.4, -0.2) is 27.1 Å². The minimum atomic E-state index is -1.17. The van der Waals surface area contributed by atoms with E-state index in [4.69, 9.17) is 10.2 Å². The Hall–Kier alpha value is -4.25. The van der Waals surface area contributed by atoms with Crippen molar-refractivity contribution in [3.8, 4) is 22.3 Å². The zero-order valence-electron chi connectivity index (χ0n) is 16.0. The van der Waals surface area contributed by atoms with Crippen LogP contribution in [0.25, 0.3) is 22.3 Å². The molecule has 1 heterocycles. The average Bonchev–Trinajstić information content (AvgIpc) is 2.81. The highest BCUT2D eigenvalue weighted by Gasteiger charge is 2.06. The number of benzene rings is 3. The van der Waals surface area contributed by atoms with Crippen LogP contribution in [0.1, 0.15) is 20.8 Å². The molecule has 0 aliphatic heterocycles. The number of rotatable bonds is 4. The van der Waals surface area contributed by atoms with E-state index in [1.165, 1.54) is 28.3 Å². The number of aromatic carboxylic acids is 2. The third-order valence-corrected chi connectivity index (χ3v) is 4.33. The van der Waals surface area contributed by atoms with E-state index in [1.54, 1.807) is 0 Å². The molecule has 4 rings (SSSR count). The van der Waals surface area contributed by atoms with E-state index in [0.717, 1.165) is 12.3 Å². The molecule has 0 aliphatic rings. The topological polar surface area (TPSA) is 87.5 Å². The molecule has 148 valence electrons. The van der Waals surface area contributed by atoms with Gasteiger partial charge in [0.15, 0.2) is 0 Å². The third-order valence-electron chi connectivity index (χ3n) is 4.33. The number of carboxylic acids is 2. The number of aromatic nitrogens is 1. The molecule has 0 aliphatic carbocycles. The number of hydrogen-bond donors (Lipinski definition) is 2. The summed E-state index contributed by atoms with van der Waals surface area (Å²) in [6, 6.07) is 32.0. The summed E-state index contributed by atoms with van der Waals surface area (Å²) in [5.41, 5.74) is 4.85. The van der Waals surface area contributed by atoms with Crippen LogP contribution in [-0.2, 0) is 0 Å². The van der Waals surface area contributed by atoms with Gasteiger partial charge < -0.3 is 10.2 Å². The summed E-state index contributed by atoms with van der Waals surface area (Å²) in [7, 11) is 0. The van der Waals surface area contributed by atoms with Crippen LogP contribution in [0.2, 0.25) is 0 Å². The van der Waals surface area contributed by atoms with E-state index in [1.807, 2.05) is 12.1 Å². The highest BCUT2D eigenvalue weighted by molar-refractivity contribution is 5.89. The lowest BCUT2D eigenvalue weighted by Gasteiger charge is -2.04. The van der Waals surface area contributed by atoms with Crippen LogP contribution in [0, 0.1) is 0 Å². The SMILES string of the molecule is O=C(O)c1ccc(C(=O)O)nc1.c1ccc(-c2ccc(-c3ccccc3)cc2)cc1. The molecule has 0 bridgehead atoms. The van der Waals surface area contributed by atoms with E-state index in [9.17, 15) is 9.59 Å². The van der Waals surface area contributed by atoms with Gasteiger partial charge in [-0.25, -0.2) is 14.6 Å². The maximum atomic E-state index is 10.3. The first-order chi connectivity index (χ1) is 14.5. The van der Waals surface area contributed by atoms with E-state index in [2.05, 4.69) is 77.8 Å². The first kappa shape index (κ1) is 20.5. The van der Waals surface area contributed by atoms with Crippen molar-refractivity contribution >= 4 is 11.9 Å². The molecule has 0 fully saturated rings. The van der Waals surface area contributed by atoms with Crippen LogP contribution in [0.3, 0.4) is 0 Å². The molecule has 4 aromatic rings. The Morgan fingerprint density at radius 1 is 0.533 bits per heavy atom. The molecular formula is C25H19NO4. The van der Waals surface area contributed by atoms with Gasteiger partial charge in [0.1, 0.15) is 5.69 Å². The van der Waals surface area contributed by atoms with Gasteiger partial charge >= 0.3 is 11.9 Å². The van der Waals surface area contributed by atoms with Gasteiger partial charge in [-0.15, -0.1) is 0 Å². The molecule has 0 radical (unpaired) electrons. The normalized spacial score (nSPS) is 9.87. The Bertz CT molecular complexity index is 1020. The highest BCUT2D eigenvalue weighted by atomic mass is 16.4. The molecular weight excluding hydrogens is 378 g/mol. The summed E-state index contributed by atoms with van der Waals surface area (Å²) in [6.45, 7) is 0. The number of carbonyl (C=O) groups is 2. The Morgan fingerprint density at radius 3 is 1.30 bits per heavy atom. The zero-order valence-corrected chi connectivity index (χ0v) is 16.0. The number of hydrogen-bond acceptors (Lipinski definition) is 3. The quantitative estimate of drug-likeness (QED) is 0.475. The summed E-state index contributed by atoms with van der Waals surface area (Å²) in [5.74, 6) is -2.30. The standard InChI is InChI=1S/C18H14.C7H5NO4/c1-3-7-15(8-4-1)17-11-13-18(14-12-17)16-9-5-2-6-10-16;9-6(10)4-1-2-5(7(11)12)8-3-4/h1-14H;1-3H,(H,9,10)(H,11,12). The highest BCUT2D eigenvalue weighted by Crippen LogP contribution is 2.24. The van der Waals surface area contributed by atoms with Crippen molar-refractivity contribution in [2.24, 2.45) is 0 Å². The largest absolute Gasteiger partial charge is 0.478 e. The molecule has 0 unspecified atom stereocenters. The predicted molar refractivity (Wildman–Crippen MR) is 115 cm³/mol.